The Hall–Kier alpha value is -1.40. The summed E-state index contributed by atoms with van der Waals surface area (Å²) in [6.07, 6.45) is 0. The quantitative estimate of drug-likeness (QED) is 0.848. The average molecular weight is 262 g/mol. The van der Waals surface area contributed by atoms with Gasteiger partial charge in [-0.1, -0.05) is 27.7 Å². The molecule has 1 aromatic carbocycles. The highest BCUT2D eigenvalue weighted by Crippen LogP contribution is 2.19. The first kappa shape index (κ1) is 15.7. The summed E-state index contributed by atoms with van der Waals surface area (Å²) in [5, 5.41) is 12.3. The minimum Gasteiger partial charge on any atom is -0.312 e. The standard InChI is InChI=1S/C16H23FN2/c1-11(2)16(12(3)4)10-19-9-14-7-15(17)6-5-13(14)8-18/h5-7,11-12,16,19H,9-10H2,1-4H3. The Morgan fingerprint density at radius 1 is 1.21 bits per heavy atom. The second-order valence-electron chi connectivity index (χ2n) is 5.70. The molecular formula is C16H23FN2. The summed E-state index contributed by atoms with van der Waals surface area (Å²) in [4.78, 5) is 0. The topological polar surface area (TPSA) is 35.8 Å². The lowest BCUT2D eigenvalue weighted by molar-refractivity contribution is 0.275. The second-order valence-corrected chi connectivity index (χ2v) is 5.70. The van der Waals surface area contributed by atoms with E-state index in [1.54, 1.807) is 0 Å². The van der Waals surface area contributed by atoms with E-state index in [9.17, 15) is 4.39 Å². The predicted molar refractivity (Wildman–Crippen MR) is 76.0 cm³/mol. The van der Waals surface area contributed by atoms with Gasteiger partial charge in [0.1, 0.15) is 5.82 Å². The third-order valence-corrected chi connectivity index (χ3v) is 3.60. The third-order valence-electron chi connectivity index (χ3n) is 3.60. The molecular weight excluding hydrogens is 239 g/mol. The first-order chi connectivity index (χ1) is 8.95. The van der Waals surface area contributed by atoms with Crippen molar-refractivity contribution in [2.24, 2.45) is 17.8 Å². The Labute approximate surface area is 115 Å². The average Bonchev–Trinajstić information content (AvgIpc) is 2.33. The van der Waals surface area contributed by atoms with Gasteiger partial charge in [0.05, 0.1) is 11.6 Å². The molecule has 0 heterocycles. The summed E-state index contributed by atoms with van der Waals surface area (Å²) < 4.78 is 13.2. The number of halogens is 1. The van der Waals surface area contributed by atoms with Crippen LogP contribution >= 0.6 is 0 Å². The Morgan fingerprint density at radius 2 is 1.84 bits per heavy atom. The maximum absolute atomic E-state index is 13.2. The van der Waals surface area contributed by atoms with Gasteiger partial charge in [0.25, 0.3) is 0 Å². The van der Waals surface area contributed by atoms with Crippen molar-refractivity contribution < 1.29 is 4.39 Å². The molecule has 19 heavy (non-hydrogen) atoms. The van der Waals surface area contributed by atoms with E-state index in [1.165, 1.54) is 18.2 Å². The molecule has 104 valence electrons. The Bertz CT molecular complexity index is 439. The van der Waals surface area contributed by atoms with Gasteiger partial charge in [-0.2, -0.15) is 5.26 Å². The molecule has 0 saturated heterocycles. The molecule has 0 bridgehead atoms. The van der Waals surface area contributed by atoms with E-state index in [4.69, 9.17) is 5.26 Å². The zero-order chi connectivity index (χ0) is 14.4. The molecule has 1 rings (SSSR count). The van der Waals surface area contributed by atoms with Crippen molar-refractivity contribution >= 4 is 0 Å². The van der Waals surface area contributed by atoms with Crippen molar-refractivity contribution in [1.82, 2.24) is 5.32 Å². The Balaban J connectivity index is 2.62. The van der Waals surface area contributed by atoms with E-state index < -0.39 is 0 Å². The van der Waals surface area contributed by atoms with Gasteiger partial charge < -0.3 is 5.32 Å². The molecule has 3 heteroatoms. The number of hydrogen-bond acceptors (Lipinski definition) is 2. The fraction of sp³-hybridized carbons (Fsp3) is 0.562. The third kappa shape index (κ3) is 4.65. The summed E-state index contributed by atoms with van der Waals surface area (Å²) in [6, 6.07) is 6.40. The Kier molecular flexibility index (Phi) is 5.98. The van der Waals surface area contributed by atoms with Crippen molar-refractivity contribution in [3.05, 3.63) is 35.1 Å². The van der Waals surface area contributed by atoms with Crippen LogP contribution in [0.15, 0.2) is 18.2 Å². The SMILES string of the molecule is CC(C)C(CNCc1cc(F)ccc1C#N)C(C)C. The van der Waals surface area contributed by atoms with Gasteiger partial charge in [0.2, 0.25) is 0 Å². The molecule has 0 aliphatic carbocycles. The van der Waals surface area contributed by atoms with Crippen LogP contribution in [-0.4, -0.2) is 6.54 Å². The molecule has 0 fully saturated rings. The smallest absolute Gasteiger partial charge is 0.123 e. The normalized spacial score (nSPS) is 11.3. The molecule has 0 spiro atoms. The molecule has 0 atom stereocenters. The van der Waals surface area contributed by atoms with Crippen molar-refractivity contribution in [1.29, 1.82) is 5.26 Å². The highest BCUT2D eigenvalue weighted by molar-refractivity contribution is 5.37. The van der Waals surface area contributed by atoms with Crippen LogP contribution in [0.25, 0.3) is 0 Å². The zero-order valence-corrected chi connectivity index (χ0v) is 12.2. The predicted octanol–water partition coefficient (Wildman–Crippen LogP) is 3.72. The van der Waals surface area contributed by atoms with Gasteiger partial charge in [-0.15, -0.1) is 0 Å². The molecule has 1 aromatic rings. The Morgan fingerprint density at radius 3 is 2.37 bits per heavy atom. The van der Waals surface area contributed by atoms with Crippen LogP contribution in [-0.2, 0) is 6.54 Å². The first-order valence-corrected chi connectivity index (χ1v) is 6.85. The maximum atomic E-state index is 13.2. The highest BCUT2D eigenvalue weighted by atomic mass is 19.1. The monoisotopic (exact) mass is 262 g/mol. The van der Waals surface area contributed by atoms with E-state index in [1.807, 2.05) is 0 Å². The lowest BCUT2D eigenvalue weighted by atomic mass is 9.85. The largest absolute Gasteiger partial charge is 0.312 e. The summed E-state index contributed by atoms with van der Waals surface area (Å²) in [6.45, 7) is 10.3. The molecule has 0 saturated carbocycles. The van der Waals surface area contributed by atoms with Gasteiger partial charge in [-0.25, -0.2) is 4.39 Å². The van der Waals surface area contributed by atoms with Crippen LogP contribution in [0.1, 0.15) is 38.8 Å². The van der Waals surface area contributed by atoms with Crippen molar-refractivity contribution in [2.75, 3.05) is 6.54 Å². The lowest BCUT2D eigenvalue weighted by Crippen LogP contribution is -2.29. The molecule has 0 aliphatic heterocycles. The van der Waals surface area contributed by atoms with Crippen LogP contribution in [0.5, 0.6) is 0 Å². The van der Waals surface area contributed by atoms with Crippen LogP contribution in [0.2, 0.25) is 0 Å². The zero-order valence-electron chi connectivity index (χ0n) is 12.2. The minimum absolute atomic E-state index is 0.292. The summed E-state index contributed by atoms with van der Waals surface area (Å²) >= 11 is 0. The van der Waals surface area contributed by atoms with Crippen LogP contribution in [0.3, 0.4) is 0 Å². The van der Waals surface area contributed by atoms with Gasteiger partial charge >= 0.3 is 0 Å². The minimum atomic E-state index is -0.292. The van der Waals surface area contributed by atoms with Crippen molar-refractivity contribution in [2.45, 2.75) is 34.2 Å². The fourth-order valence-corrected chi connectivity index (χ4v) is 2.43. The van der Waals surface area contributed by atoms with Crippen molar-refractivity contribution in [3.8, 4) is 6.07 Å². The maximum Gasteiger partial charge on any atom is 0.123 e. The van der Waals surface area contributed by atoms with Crippen LogP contribution < -0.4 is 5.32 Å². The molecule has 0 amide bonds. The number of benzene rings is 1. The molecule has 0 radical (unpaired) electrons. The molecule has 2 nitrogen and oxygen atoms in total. The molecule has 1 N–H and O–H groups in total. The second kappa shape index (κ2) is 7.25. The number of rotatable bonds is 6. The molecule has 0 unspecified atom stereocenters. The van der Waals surface area contributed by atoms with E-state index in [0.29, 0.717) is 29.9 Å². The number of nitrogens with one attached hydrogen (secondary N) is 1. The molecule has 0 aliphatic rings. The summed E-state index contributed by atoms with van der Waals surface area (Å²) in [5.41, 5.74) is 1.27. The van der Waals surface area contributed by atoms with Crippen molar-refractivity contribution in [3.63, 3.8) is 0 Å². The molecule has 0 aromatic heterocycles. The van der Waals surface area contributed by atoms with E-state index in [-0.39, 0.29) is 5.82 Å². The summed E-state index contributed by atoms with van der Waals surface area (Å²) in [7, 11) is 0. The lowest BCUT2D eigenvalue weighted by Gasteiger charge is -2.25. The number of hydrogen-bond donors (Lipinski definition) is 1. The van der Waals surface area contributed by atoms with Gasteiger partial charge in [-0.3, -0.25) is 0 Å². The van der Waals surface area contributed by atoms with E-state index >= 15 is 0 Å². The number of nitriles is 1. The highest BCUT2D eigenvalue weighted by Gasteiger charge is 2.17. The van der Waals surface area contributed by atoms with Gasteiger partial charge in [-0.05, 0) is 48.1 Å². The van der Waals surface area contributed by atoms with E-state index in [2.05, 4.69) is 39.1 Å². The van der Waals surface area contributed by atoms with Gasteiger partial charge in [0.15, 0.2) is 0 Å². The fourth-order valence-electron chi connectivity index (χ4n) is 2.43. The summed E-state index contributed by atoms with van der Waals surface area (Å²) in [5.74, 6) is 1.50. The van der Waals surface area contributed by atoms with E-state index in [0.717, 1.165) is 12.1 Å². The van der Waals surface area contributed by atoms with Crippen LogP contribution in [0, 0.1) is 34.9 Å². The number of nitrogens with zero attached hydrogens (tertiary/aromatic N) is 1. The van der Waals surface area contributed by atoms with Gasteiger partial charge in [0, 0.05) is 6.54 Å². The van der Waals surface area contributed by atoms with Crippen LogP contribution in [0.4, 0.5) is 4.39 Å². The first-order valence-electron chi connectivity index (χ1n) is 6.85.